The molecule has 0 radical (unpaired) electrons. The number of phosphoric ester groups is 1. The molecule has 0 bridgehead atoms. The van der Waals surface area contributed by atoms with E-state index in [1.54, 1.807) is 0 Å². The van der Waals surface area contributed by atoms with Crippen LogP contribution in [0, 0.1) is 0 Å². The number of phosphoric acid groups is 1. The summed E-state index contributed by atoms with van der Waals surface area (Å²) in [4.78, 5) is 0. The summed E-state index contributed by atoms with van der Waals surface area (Å²) < 4.78 is 30.5. The maximum absolute atomic E-state index is 13.4. The third-order valence-corrected chi connectivity index (χ3v) is 9.35. The Morgan fingerprint density at radius 3 is 0.774 bits per heavy atom. The number of unbranched alkanes of at least 4 members (excludes halogenated alkanes) is 12. The number of hydrogen-bond acceptors (Lipinski definition) is 4. The minimum absolute atomic E-state index is 0.256. The van der Waals surface area contributed by atoms with E-state index in [0.29, 0.717) is 19.3 Å². The van der Waals surface area contributed by atoms with Crippen molar-refractivity contribution in [3.63, 3.8) is 0 Å². The van der Waals surface area contributed by atoms with Crippen molar-refractivity contribution in [2.45, 2.75) is 136 Å². The van der Waals surface area contributed by atoms with Gasteiger partial charge in [-0.15, -0.1) is 0 Å². The minimum Gasteiger partial charge on any atom is -0.287 e. The summed E-state index contributed by atoms with van der Waals surface area (Å²) in [6.07, 6.45) is 70.0. The Hall–Kier alpha value is -3.01. The van der Waals surface area contributed by atoms with Gasteiger partial charge in [0, 0.05) is 0 Å². The van der Waals surface area contributed by atoms with Crippen molar-refractivity contribution in [2.24, 2.45) is 0 Å². The van der Waals surface area contributed by atoms with Gasteiger partial charge in [0.15, 0.2) is 0 Å². The van der Waals surface area contributed by atoms with Crippen molar-refractivity contribution in [3.8, 4) is 0 Å². The van der Waals surface area contributed by atoms with Crippen LogP contribution in [0.15, 0.2) is 146 Å². The van der Waals surface area contributed by atoms with E-state index in [1.165, 1.54) is 77.0 Å². The Morgan fingerprint density at radius 1 is 0.302 bits per heavy atom. The molecule has 0 fully saturated rings. The fourth-order valence-corrected chi connectivity index (χ4v) is 6.06. The molecule has 0 saturated heterocycles. The smallest absolute Gasteiger partial charge is 0.287 e. The molecule has 0 rings (SSSR count). The van der Waals surface area contributed by atoms with Crippen molar-refractivity contribution in [3.05, 3.63) is 146 Å². The third kappa shape index (κ3) is 41.6. The van der Waals surface area contributed by atoms with Gasteiger partial charge in [-0.2, -0.15) is 0 Å². The molecule has 4 nitrogen and oxygen atoms in total. The SMILES string of the molecule is C/C=C/CCCCC/C=C/C=C/C=C/CCOP(=O)(OCC/C=C/C=C/C=C/CCCCC/C=C/C)OCC/C=C/C=C/C=C/CCCCC/C=C/C. The van der Waals surface area contributed by atoms with Crippen LogP contribution in [0.25, 0.3) is 0 Å². The standard InChI is InChI=1S/C48H75O4P/c1-4-7-10-13-16-19-22-25-28-31-34-37-40-43-46-50-53(49,51-47-44-41-38-35-32-29-26-23-20-17-14-11-8-5-2)52-48-45-42-39-36-33-30-27-24-21-18-15-12-9-6-3/h4-9,25-42H,10-24,43-48H2,1-3H3/b7-4+,8-5+,9-6+,28-25+,29-26+,30-27+,34-31+,35-32+,36-33+,40-37+,41-38+,42-39+. The first-order valence-corrected chi connectivity index (χ1v) is 22.0. The predicted octanol–water partition coefficient (Wildman–Crippen LogP) is 15.9. The maximum atomic E-state index is 13.4. The topological polar surface area (TPSA) is 44.8 Å². The van der Waals surface area contributed by atoms with Crippen LogP contribution in [0.5, 0.6) is 0 Å². The van der Waals surface area contributed by atoms with Gasteiger partial charge in [-0.3, -0.25) is 13.6 Å². The van der Waals surface area contributed by atoms with Gasteiger partial charge in [-0.05, 0) is 117 Å². The summed E-state index contributed by atoms with van der Waals surface area (Å²) in [6, 6.07) is 0. The van der Waals surface area contributed by atoms with Gasteiger partial charge in [0.25, 0.3) is 0 Å². The molecule has 0 aliphatic heterocycles. The first-order chi connectivity index (χ1) is 26.2. The summed E-state index contributed by atoms with van der Waals surface area (Å²) in [5.74, 6) is 0. The zero-order chi connectivity index (χ0) is 38.4. The Morgan fingerprint density at radius 2 is 0.528 bits per heavy atom. The Labute approximate surface area is 327 Å². The van der Waals surface area contributed by atoms with Crippen LogP contribution < -0.4 is 0 Å². The van der Waals surface area contributed by atoms with Crippen LogP contribution in [0.2, 0.25) is 0 Å². The monoisotopic (exact) mass is 747 g/mol. The lowest BCUT2D eigenvalue weighted by Crippen LogP contribution is -2.03. The quantitative estimate of drug-likeness (QED) is 0.0277. The first-order valence-electron chi connectivity index (χ1n) is 20.5. The molecule has 0 unspecified atom stereocenters. The number of hydrogen-bond donors (Lipinski definition) is 0. The van der Waals surface area contributed by atoms with Gasteiger partial charge in [-0.1, -0.05) is 165 Å². The molecule has 5 heteroatoms. The molecule has 0 atom stereocenters. The molecule has 0 aromatic rings. The lowest BCUT2D eigenvalue weighted by atomic mass is 10.1. The van der Waals surface area contributed by atoms with E-state index in [-0.39, 0.29) is 19.8 Å². The normalized spacial score (nSPS) is 13.8. The van der Waals surface area contributed by atoms with Gasteiger partial charge in [0.2, 0.25) is 0 Å². The Kier molecular flexibility index (Phi) is 40.9. The molecule has 0 N–H and O–H groups in total. The van der Waals surface area contributed by atoms with E-state index in [0.717, 1.165) is 19.3 Å². The molecule has 0 heterocycles. The van der Waals surface area contributed by atoms with E-state index in [2.05, 4.69) is 93.7 Å². The first kappa shape index (κ1) is 50.0. The van der Waals surface area contributed by atoms with Crippen molar-refractivity contribution < 1.29 is 18.1 Å². The average molecular weight is 747 g/mol. The van der Waals surface area contributed by atoms with Gasteiger partial charge < -0.3 is 0 Å². The van der Waals surface area contributed by atoms with Crippen LogP contribution in [0.3, 0.4) is 0 Å². The van der Waals surface area contributed by atoms with Crippen molar-refractivity contribution in [1.29, 1.82) is 0 Å². The van der Waals surface area contributed by atoms with Gasteiger partial charge in [0.05, 0.1) is 19.8 Å². The second-order valence-electron chi connectivity index (χ2n) is 12.7. The zero-order valence-corrected chi connectivity index (χ0v) is 34.7. The fraction of sp³-hybridized carbons (Fsp3) is 0.500. The average Bonchev–Trinajstić information content (AvgIpc) is 3.16. The van der Waals surface area contributed by atoms with Gasteiger partial charge >= 0.3 is 7.82 Å². The summed E-state index contributed by atoms with van der Waals surface area (Å²) in [7, 11) is -3.68. The maximum Gasteiger partial charge on any atom is 0.474 e. The molecule has 0 spiro atoms. The van der Waals surface area contributed by atoms with Crippen LogP contribution in [0.4, 0.5) is 0 Å². The summed E-state index contributed by atoms with van der Waals surface area (Å²) in [5.41, 5.74) is 0. The number of rotatable bonds is 36. The molecule has 0 aromatic carbocycles. The fourth-order valence-electron chi connectivity index (χ4n) is 4.85. The molecular weight excluding hydrogens is 671 g/mol. The summed E-state index contributed by atoms with van der Waals surface area (Å²) in [6.45, 7) is 6.99. The second kappa shape index (κ2) is 43.4. The predicted molar refractivity (Wildman–Crippen MR) is 235 cm³/mol. The van der Waals surface area contributed by atoms with Crippen LogP contribution in [0.1, 0.15) is 136 Å². The molecular formula is C48H75O4P. The van der Waals surface area contributed by atoms with Crippen LogP contribution in [-0.2, 0) is 18.1 Å². The van der Waals surface area contributed by atoms with Gasteiger partial charge in [-0.25, -0.2) is 4.57 Å². The Bertz CT molecular complexity index is 1060. The lowest BCUT2D eigenvalue weighted by molar-refractivity contribution is 0.117. The van der Waals surface area contributed by atoms with E-state index in [4.69, 9.17) is 13.6 Å². The van der Waals surface area contributed by atoms with Crippen molar-refractivity contribution in [2.75, 3.05) is 19.8 Å². The van der Waals surface area contributed by atoms with E-state index in [1.807, 2.05) is 72.9 Å². The highest BCUT2D eigenvalue weighted by Gasteiger charge is 2.25. The molecule has 53 heavy (non-hydrogen) atoms. The zero-order valence-electron chi connectivity index (χ0n) is 33.8. The van der Waals surface area contributed by atoms with E-state index in [9.17, 15) is 4.57 Å². The summed E-state index contributed by atoms with van der Waals surface area (Å²) >= 11 is 0. The third-order valence-electron chi connectivity index (χ3n) is 7.85. The molecule has 0 aliphatic carbocycles. The van der Waals surface area contributed by atoms with Crippen molar-refractivity contribution >= 4 is 7.82 Å². The Balaban J connectivity index is 4.61. The molecule has 296 valence electrons. The van der Waals surface area contributed by atoms with E-state index < -0.39 is 7.82 Å². The van der Waals surface area contributed by atoms with Crippen LogP contribution >= 0.6 is 7.82 Å². The highest BCUT2D eigenvalue weighted by Crippen LogP contribution is 2.49. The lowest BCUT2D eigenvalue weighted by Gasteiger charge is -2.17. The minimum atomic E-state index is -3.68. The second-order valence-corrected chi connectivity index (χ2v) is 14.3. The highest BCUT2D eigenvalue weighted by atomic mass is 31.2. The molecule has 0 aromatic heterocycles. The summed E-state index contributed by atoms with van der Waals surface area (Å²) in [5, 5.41) is 0. The van der Waals surface area contributed by atoms with Crippen LogP contribution in [-0.4, -0.2) is 19.8 Å². The van der Waals surface area contributed by atoms with Gasteiger partial charge in [0.1, 0.15) is 0 Å². The highest BCUT2D eigenvalue weighted by molar-refractivity contribution is 7.48. The van der Waals surface area contributed by atoms with Crippen molar-refractivity contribution in [1.82, 2.24) is 0 Å². The largest absolute Gasteiger partial charge is 0.474 e. The molecule has 0 amide bonds. The number of allylic oxidation sites excluding steroid dienone is 21. The molecule has 0 aliphatic rings. The van der Waals surface area contributed by atoms with E-state index >= 15 is 0 Å². The molecule has 0 saturated carbocycles.